The van der Waals surface area contributed by atoms with Crippen molar-refractivity contribution in [2.45, 2.75) is 31.4 Å². The highest BCUT2D eigenvalue weighted by atomic mass is 19.1. The van der Waals surface area contributed by atoms with Gasteiger partial charge in [0.15, 0.2) is 6.30 Å². The summed E-state index contributed by atoms with van der Waals surface area (Å²) in [6.45, 7) is 0. The maximum Gasteiger partial charge on any atom is 0.154 e. The van der Waals surface area contributed by atoms with Crippen LogP contribution in [0.1, 0.15) is 24.6 Å². The van der Waals surface area contributed by atoms with Crippen LogP contribution in [0.15, 0.2) is 12.3 Å². The smallest absolute Gasteiger partial charge is 0.154 e. The first-order valence-corrected chi connectivity index (χ1v) is 4.44. The standard InChI is InChI=1S/C8H10F2N4/c9-5-3-7(12-8(10)4-5)6-1-2-11-14-13-6/h1-2,5,7-8,12H,3-4H2. The van der Waals surface area contributed by atoms with Crippen LogP contribution in [-0.4, -0.2) is 27.9 Å². The van der Waals surface area contributed by atoms with Crippen LogP contribution >= 0.6 is 0 Å². The van der Waals surface area contributed by atoms with E-state index in [1.54, 1.807) is 6.07 Å². The highest BCUT2D eigenvalue weighted by Gasteiger charge is 2.29. The Morgan fingerprint density at radius 2 is 2.21 bits per heavy atom. The third-order valence-corrected chi connectivity index (χ3v) is 2.22. The molecule has 0 spiro atoms. The van der Waals surface area contributed by atoms with E-state index in [-0.39, 0.29) is 12.8 Å². The van der Waals surface area contributed by atoms with Crippen LogP contribution in [0.4, 0.5) is 8.78 Å². The number of hydrogen-bond acceptors (Lipinski definition) is 4. The fraction of sp³-hybridized carbons (Fsp3) is 0.625. The molecular formula is C8H10F2N4. The second-order valence-corrected chi connectivity index (χ2v) is 3.30. The summed E-state index contributed by atoms with van der Waals surface area (Å²) in [6, 6.07) is 1.21. The number of nitrogens with zero attached hydrogens (tertiary/aromatic N) is 3. The Balaban J connectivity index is 2.11. The van der Waals surface area contributed by atoms with E-state index in [1.807, 2.05) is 0 Å². The topological polar surface area (TPSA) is 50.7 Å². The quantitative estimate of drug-likeness (QED) is 0.685. The number of piperidine rings is 1. The largest absolute Gasteiger partial charge is 0.279 e. The van der Waals surface area contributed by atoms with E-state index in [0.29, 0.717) is 5.69 Å². The molecule has 0 aliphatic carbocycles. The van der Waals surface area contributed by atoms with Crippen molar-refractivity contribution in [2.24, 2.45) is 0 Å². The molecule has 14 heavy (non-hydrogen) atoms. The van der Waals surface area contributed by atoms with E-state index >= 15 is 0 Å². The summed E-state index contributed by atoms with van der Waals surface area (Å²) < 4.78 is 26.0. The number of alkyl halides is 2. The van der Waals surface area contributed by atoms with Gasteiger partial charge in [0, 0.05) is 6.42 Å². The molecule has 3 unspecified atom stereocenters. The molecule has 4 nitrogen and oxygen atoms in total. The molecule has 1 fully saturated rings. The van der Waals surface area contributed by atoms with Gasteiger partial charge in [-0.2, -0.15) is 0 Å². The summed E-state index contributed by atoms with van der Waals surface area (Å²) in [5.74, 6) is 0. The van der Waals surface area contributed by atoms with Gasteiger partial charge in [-0.25, -0.2) is 8.78 Å². The van der Waals surface area contributed by atoms with Gasteiger partial charge in [0.2, 0.25) is 0 Å². The molecule has 3 atom stereocenters. The van der Waals surface area contributed by atoms with Crippen LogP contribution in [0, 0.1) is 0 Å². The van der Waals surface area contributed by atoms with Crippen LogP contribution in [-0.2, 0) is 0 Å². The molecule has 0 saturated carbocycles. The van der Waals surface area contributed by atoms with Crippen LogP contribution in [0.2, 0.25) is 0 Å². The van der Waals surface area contributed by atoms with Crippen molar-refractivity contribution in [1.29, 1.82) is 0 Å². The molecule has 1 saturated heterocycles. The van der Waals surface area contributed by atoms with Gasteiger partial charge in [0.05, 0.1) is 17.9 Å². The lowest BCUT2D eigenvalue weighted by Gasteiger charge is -2.27. The zero-order valence-electron chi connectivity index (χ0n) is 7.40. The summed E-state index contributed by atoms with van der Waals surface area (Å²) in [7, 11) is 0. The van der Waals surface area contributed by atoms with E-state index < -0.39 is 18.5 Å². The predicted octanol–water partition coefficient (Wildman–Crippen LogP) is 0.930. The third-order valence-electron chi connectivity index (χ3n) is 2.22. The van der Waals surface area contributed by atoms with Crippen molar-refractivity contribution in [3.63, 3.8) is 0 Å². The van der Waals surface area contributed by atoms with Crippen molar-refractivity contribution < 1.29 is 8.78 Å². The van der Waals surface area contributed by atoms with Crippen LogP contribution < -0.4 is 5.32 Å². The molecule has 0 bridgehead atoms. The summed E-state index contributed by atoms with van der Waals surface area (Å²) in [6.07, 6.45) is -0.822. The molecule has 1 N–H and O–H groups in total. The molecular weight excluding hydrogens is 190 g/mol. The summed E-state index contributed by atoms with van der Waals surface area (Å²) in [5, 5.41) is 13.3. The first kappa shape index (κ1) is 9.39. The van der Waals surface area contributed by atoms with Gasteiger partial charge < -0.3 is 0 Å². The molecule has 1 aliphatic heterocycles. The Bertz CT molecular complexity index is 285. The maximum absolute atomic E-state index is 13.0. The van der Waals surface area contributed by atoms with Gasteiger partial charge in [-0.05, 0) is 17.7 Å². The molecule has 0 aromatic carbocycles. The van der Waals surface area contributed by atoms with E-state index in [1.165, 1.54) is 6.20 Å². The van der Waals surface area contributed by atoms with Crippen molar-refractivity contribution in [1.82, 2.24) is 20.7 Å². The molecule has 6 heteroatoms. The Hall–Kier alpha value is -1.17. The van der Waals surface area contributed by atoms with E-state index in [4.69, 9.17) is 0 Å². The number of halogens is 2. The first-order valence-electron chi connectivity index (χ1n) is 4.44. The SMILES string of the molecule is FC1CC(F)NC(c2ccnnn2)C1. The van der Waals surface area contributed by atoms with E-state index in [2.05, 4.69) is 20.7 Å². The van der Waals surface area contributed by atoms with Crippen molar-refractivity contribution in [3.05, 3.63) is 18.0 Å². The van der Waals surface area contributed by atoms with Crippen LogP contribution in [0.25, 0.3) is 0 Å². The summed E-state index contributed by atoms with van der Waals surface area (Å²) >= 11 is 0. The van der Waals surface area contributed by atoms with E-state index in [9.17, 15) is 8.78 Å². The molecule has 76 valence electrons. The lowest BCUT2D eigenvalue weighted by atomic mass is 10.00. The second-order valence-electron chi connectivity index (χ2n) is 3.30. The third kappa shape index (κ3) is 2.01. The van der Waals surface area contributed by atoms with Crippen molar-refractivity contribution in [2.75, 3.05) is 0 Å². The Morgan fingerprint density at radius 3 is 2.86 bits per heavy atom. The van der Waals surface area contributed by atoms with Gasteiger partial charge in [0.1, 0.15) is 6.17 Å². The normalized spacial score (nSPS) is 32.9. The minimum Gasteiger partial charge on any atom is -0.279 e. The van der Waals surface area contributed by atoms with E-state index in [0.717, 1.165) is 0 Å². The maximum atomic E-state index is 13.0. The molecule has 2 rings (SSSR count). The highest BCUT2D eigenvalue weighted by molar-refractivity contribution is 5.05. The van der Waals surface area contributed by atoms with Gasteiger partial charge in [-0.3, -0.25) is 5.32 Å². The van der Waals surface area contributed by atoms with Gasteiger partial charge in [0.25, 0.3) is 0 Å². The molecule has 1 aromatic rings. The zero-order valence-corrected chi connectivity index (χ0v) is 7.40. The molecule has 2 heterocycles. The minimum absolute atomic E-state index is 0.0883. The Kier molecular flexibility index (Phi) is 2.62. The Labute approximate surface area is 79.7 Å². The highest BCUT2D eigenvalue weighted by Crippen LogP contribution is 2.26. The predicted molar refractivity (Wildman–Crippen MR) is 44.7 cm³/mol. The number of aromatic nitrogens is 3. The lowest BCUT2D eigenvalue weighted by molar-refractivity contribution is 0.109. The first-order chi connectivity index (χ1) is 6.75. The van der Waals surface area contributed by atoms with Crippen molar-refractivity contribution >= 4 is 0 Å². The monoisotopic (exact) mass is 200 g/mol. The lowest BCUT2D eigenvalue weighted by Crippen LogP contribution is -2.39. The Morgan fingerprint density at radius 1 is 1.36 bits per heavy atom. The molecule has 0 amide bonds. The fourth-order valence-electron chi connectivity index (χ4n) is 1.57. The number of rotatable bonds is 1. The minimum atomic E-state index is -1.31. The molecule has 1 aromatic heterocycles. The van der Waals surface area contributed by atoms with Crippen molar-refractivity contribution in [3.8, 4) is 0 Å². The second kappa shape index (κ2) is 3.91. The fourth-order valence-corrected chi connectivity index (χ4v) is 1.57. The molecule has 1 aliphatic rings. The summed E-state index contributed by atoms with van der Waals surface area (Å²) in [4.78, 5) is 0. The van der Waals surface area contributed by atoms with Gasteiger partial charge >= 0.3 is 0 Å². The average Bonchev–Trinajstić information content (AvgIpc) is 2.18. The number of nitrogens with one attached hydrogen (secondary N) is 1. The zero-order chi connectivity index (χ0) is 9.97. The van der Waals surface area contributed by atoms with Crippen LogP contribution in [0.5, 0.6) is 0 Å². The average molecular weight is 200 g/mol. The van der Waals surface area contributed by atoms with Crippen LogP contribution in [0.3, 0.4) is 0 Å². The number of hydrogen-bond donors (Lipinski definition) is 1. The van der Waals surface area contributed by atoms with Gasteiger partial charge in [-0.15, -0.1) is 10.2 Å². The molecule has 0 radical (unpaired) electrons. The summed E-state index contributed by atoms with van der Waals surface area (Å²) in [5.41, 5.74) is 0.532. The van der Waals surface area contributed by atoms with Gasteiger partial charge in [-0.1, -0.05) is 0 Å².